The van der Waals surface area contributed by atoms with Crippen molar-refractivity contribution >= 4 is 5.97 Å². The average molecular weight is 258 g/mol. The number of benzene rings is 1. The molecule has 0 radical (unpaired) electrons. The van der Waals surface area contributed by atoms with Crippen molar-refractivity contribution in [2.24, 2.45) is 0 Å². The fourth-order valence-corrected chi connectivity index (χ4v) is 2.64. The van der Waals surface area contributed by atoms with Crippen molar-refractivity contribution in [3.8, 4) is 0 Å². The number of ether oxygens (including phenoxy) is 1. The normalized spacial score (nSPS) is 22.8. The molecule has 0 aliphatic heterocycles. The molecule has 0 bridgehead atoms. The van der Waals surface area contributed by atoms with E-state index in [4.69, 9.17) is 4.74 Å². The van der Waals surface area contributed by atoms with Crippen LogP contribution in [0.4, 0.5) is 0 Å². The number of fused-ring (bicyclic) bond motifs is 1. The average Bonchev–Trinajstić information content (AvgIpc) is 2.35. The van der Waals surface area contributed by atoms with E-state index in [1.165, 1.54) is 11.1 Å². The van der Waals surface area contributed by atoms with Gasteiger partial charge in [-0.2, -0.15) is 0 Å². The lowest BCUT2D eigenvalue weighted by molar-refractivity contribution is -0.154. The monoisotopic (exact) mass is 258 g/mol. The number of hydrogen-bond acceptors (Lipinski definition) is 2. The van der Waals surface area contributed by atoms with Crippen LogP contribution in [0.25, 0.3) is 0 Å². The maximum Gasteiger partial charge on any atom is 0.333 e. The second-order valence-corrected chi connectivity index (χ2v) is 5.74. The fourth-order valence-electron chi connectivity index (χ4n) is 2.64. The van der Waals surface area contributed by atoms with Crippen molar-refractivity contribution in [3.05, 3.63) is 47.5 Å². The third kappa shape index (κ3) is 3.46. The van der Waals surface area contributed by atoms with Gasteiger partial charge in [-0.05, 0) is 57.1 Å². The molecule has 1 aromatic carbocycles. The summed E-state index contributed by atoms with van der Waals surface area (Å²) in [4.78, 5) is 11.7. The minimum absolute atomic E-state index is 0.267. The number of aryl methyl sites for hydroxylation is 2. The van der Waals surface area contributed by atoms with E-state index in [9.17, 15) is 4.79 Å². The van der Waals surface area contributed by atoms with Crippen LogP contribution in [0.2, 0.25) is 0 Å². The Labute approximate surface area is 115 Å². The van der Waals surface area contributed by atoms with Gasteiger partial charge in [0.15, 0.2) is 0 Å². The van der Waals surface area contributed by atoms with Crippen LogP contribution >= 0.6 is 0 Å². The number of hydrogen-bond donors (Lipinski definition) is 0. The first-order valence-electron chi connectivity index (χ1n) is 6.96. The van der Waals surface area contributed by atoms with E-state index in [2.05, 4.69) is 30.8 Å². The lowest BCUT2D eigenvalue weighted by atomic mass is 9.85. The fraction of sp³-hybridized carbons (Fsp3) is 0.471. The third-order valence-electron chi connectivity index (χ3n) is 3.88. The number of carbonyl (C=O) groups excluding carboxylic acids is 1. The summed E-state index contributed by atoms with van der Waals surface area (Å²) in [6.07, 6.45) is 4.88. The molecule has 2 heteroatoms. The smallest absolute Gasteiger partial charge is 0.333 e. The lowest BCUT2D eigenvalue weighted by Gasteiger charge is -2.32. The molecule has 0 fully saturated rings. The van der Waals surface area contributed by atoms with E-state index in [0.717, 1.165) is 32.1 Å². The summed E-state index contributed by atoms with van der Waals surface area (Å²) in [5, 5.41) is 0. The predicted molar refractivity (Wildman–Crippen MR) is 77.0 cm³/mol. The van der Waals surface area contributed by atoms with Crippen molar-refractivity contribution in [1.82, 2.24) is 0 Å². The highest BCUT2D eigenvalue weighted by atomic mass is 16.6. The van der Waals surface area contributed by atoms with E-state index in [-0.39, 0.29) is 11.6 Å². The summed E-state index contributed by atoms with van der Waals surface area (Å²) in [6.45, 7) is 7.40. The minimum atomic E-state index is -0.358. The van der Waals surface area contributed by atoms with Gasteiger partial charge in [0.2, 0.25) is 0 Å². The molecule has 0 saturated carbocycles. The summed E-state index contributed by atoms with van der Waals surface area (Å²) < 4.78 is 5.65. The molecule has 2 nitrogen and oxygen atoms in total. The van der Waals surface area contributed by atoms with E-state index >= 15 is 0 Å². The highest BCUT2D eigenvalue weighted by Crippen LogP contribution is 2.30. The van der Waals surface area contributed by atoms with E-state index in [1.54, 1.807) is 6.92 Å². The van der Waals surface area contributed by atoms with Crippen LogP contribution < -0.4 is 0 Å². The summed E-state index contributed by atoms with van der Waals surface area (Å²) in [5.41, 5.74) is 2.95. The molecule has 0 spiro atoms. The van der Waals surface area contributed by atoms with Crippen LogP contribution in [-0.4, -0.2) is 11.6 Å². The van der Waals surface area contributed by atoms with Gasteiger partial charge in [-0.25, -0.2) is 4.79 Å². The summed E-state index contributed by atoms with van der Waals surface area (Å²) in [7, 11) is 0. The molecule has 0 saturated heterocycles. The molecule has 0 N–H and O–H groups in total. The minimum Gasteiger partial charge on any atom is -0.456 e. The second-order valence-electron chi connectivity index (χ2n) is 5.74. The second kappa shape index (κ2) is 5.60. The Hall–Kier alpha value is -1.57. The Morgan fingerprint density at radius 1 is 1.21 bits per heavy atom. The molecule has 1 atom stereocenters. The van der Waals surface area contributed by atoms with Gasteiger partial charge < -0.3 is 4.74 Å². The number of carbonyl (C=O) groups is 1. The van der Waals surface area contributed by atoms with Gasteiger partial charge in [0.05, 0.1) is 0 Å². The van der Waals surface area contributed by atoms with Gasteiger partial charge in [-0.3, -0.25) is 0 Å². The van der Waals surface area contributed by atoms with Gasteiger partial charge in [0, 0.05) is 5.57 Å². The molecule has 1 aliphatic carbocycles. The van der Waals surface area contributed by atoms with Gasteiger partial charge in [-0.1, -0.05) is 30.8 Å². The first-order chi connectivity index (χ1) is 9.00. The van der Waals surface area contributed by atoms with Crippen LogP contribution in [0.15, 0.2) is 36.4 Å². The first kappa shape index (κ1) is 13.9. The van der Waals surface area contributed by atoms with Crippen molar-refractivity contribution < 1.29 is 9.53 Å². The topological polar surface area (TPSA) is 26.3 Å². The van der Waals surface area contributed by atoms with Crippen LogP contribution in [0.3, 0.4) is 0 Å². The maximum absolute atomic E-state index is 11.7. The lowest BCUT2D eigenvalue weighted by Crippen LogP contribution is -2.33. The molecule has 102 valence electrons. The summed E-state index contributed by atoms with van der Waals surface area (Å²) in [5.74, 6) is -0.267. The van der Waals surface area contributed by atoms with Gasteiger partial charge in [0.1, 0.15) is 5.60 Å². The van der Waals surface area contributed by atoms with Crippen LogP contribution in [0, 0.1) is 0 Å². The molecule has 0 amide bonds. The highest BCUT2D eigenvalue weighted by Gasteiger charge is 2.30. The Bertz CT molecular complexity index is 490. The van der Waals surface area contributed by atoms with Gasteiger partial charge >= 0.3 is 5.97 Å². The molecular formula is C17H22O2. The molecule has 1 unspecified atom stereocenters. The van der Waals surface area contributed by atoms with Crippen LogP contribution in [0.1, 0.15) is 44.2 Å². The zero-order valence-corrected chi connectivity index (χ0v) is 11.9. The molecule has 2 rings (SSSR count). The highest BCUT2D eigenvalue weighted by molar-refractivity contribution is 5.87. The molecule has 0 aromatic heterocycles. The summed E-state index contributed by atoms with van der Waals surface area (Å²) >= 11 is 0. The SMILES string of the molecule is C=C(C)C(=O)OC1(C)CCCc2ccccc2CC1. The largest absolute Gasteiger partial charge is 0.456 e. The van der Waals surface area contributed by atoms with E-state index in [0.29, 0.717) is 5.57 Å². The van der Waals surface area contributed by atoms with Crippen molar-refractivity contribution in [2.45, 2.75) is 51.6 Å². The number of rotatable bonds is 2. The quantitative estimate of drug-likeness (QED) is 0.595. The standard InChI is InChI=1S/C17H22O2/c1-13(2)16(18)19-17(3)11-6-9-14-7-4-5-8-15(14)10-12-17/h4-5,7-8H,1,6,9-12H2,2-3H3. The molecule has 0 heterocycles. The Kier molecular flexibility index (Phi) is 4.08. The van der Waals surface area contributed by atoms with E-state index in [1.807, 2.05) is 6.92 Å². The van der Waals surface area contributed by atoms with Crippen molar-refractivity contribution in [2.75, 3.05) is 0 Å². The Morgan fingerprint density at radius 3 is 2.47 bits per heavy atom. The van der Waals surface area contributed by atoms with Gasteiger partial charge in [0.25, 0.3) is 0 Å². The Balaban J connectivity index is 2.10. The van der Waals surface area contributed by atoms with Crippen LogP contribution in [-0.2, 0) is 22.4 Å². The maximum atomic E-state index is 11.7. The van der Waals surface area contributed by atoms with E-state index < -0.39 is 0 Å². The number of esters is 1. The third-order valence-corrected chi connectivity index (χ3v) is 3.88. The molecule has 1 aromatic rings. The first-order valence-corrected chi connectivity index (χ1v) is 6.96. The summed E-state index contributed by atoms with van der Waals surface area (Å²) in [6, 6.07) is 8.57. The van der Waals surface area contributed by atoms with Crippen molar-refractivity contribution in [3.63, 3.8) is 0 Å². The zero-order valence-electron chi connectivity index (χ0n) is 11.9. The molecule has 19 heavy (non-hydrogen) atoms. The predicted octanol–water partition coefficient (Wildman–Crippen LogP) is 3.83. The Morgan fingerprint density at radius 2 is 1.84 bits per heavy atom. The zero-order chi connectivity index (χ0) is 13.9. The molecule has 1 aliphatic rings. The van der Waals surface area contributed by atoms with Crippen LogP contribution in [0.5, 0.6) is 0 Å². The van der Waals surface area contributed by atoms with Crippen molar-refractivity contribution in [1.29, 1.82) is 0 Å². The van der Waals surface area contributed by atoms with Gasteiger partial charge in [-0.15, -0.1) is 0 Å². The molecular weight excluding hydrogens is 236 g/mol.